The van der Waals surface area contributed by atoms with Gasteiger partial charge in [-0.3, -0.25) is 0 Å². The molecule has 0 rings (SSSR count). The van der Waals surface area contributed by atoms with E-state index in [1.807, 2.05) is 0 Å². The van der Waals surface area contributed by atoms with Crippen molar-refractivity contribution < 1.29 is 0 Å². The van der Waals surface area contributed by atoms with Crippen LogP contribution in [-0.4, -0.2) is 0 Å². The van der Waals surface area contributed by atoms with E-state index < -0.39 is 0 Å². The van der Waals surface area contributed by atoms with E-state index in [9.17, 15) is 0 Å². The fourth-order valence-electron chi connectivity index (χ4n) is 1.51. The summed E-state index contributed by atoms with van der Waals surface area (Å²) in [5.74, 6) is 1.75. The average Bonchev–Trinajstić information content (AvgIpc) is 2.00. The zero-order valence-corrected chi connectivity index (χ0v) is 9.90. The van der Waals surface area contributed by atoms with Crippen molar-refractivity contribution in [3.05, 3.63) is 12.2 Å². The summed E-state index contributed by atoms with van der Waals surface area (Å²) < 4.78 is 0. The fraction of sp³-hybridized carbons (Fsp3) is 0.846. The molecule has 0 nitrogen and oxygen atoms in total. The van der Waals surface area contributed by atoms with Crippen molar-refractivity contribution in [2.24, 2.45) is 11.8 Å². The predicted molar refractivity (Wildman–Crippen MR) is 61.9 cm³/mol. The Morgan fingerprint density at radius 2 is 1.69 bits per heavy atom. The van der Waals surface area contributed by atoms with Crippen molar-refractivity contribution in [3.8, 4) is 0 Å². The van der Waals surface area contributed by atoms with Crippen LogP contribution in [0.5, 0.6) is 0 Å². The molecule has 0 radical (unpaired) electrons. The van der Waals surface area contributed by atoms with Gasteiger partial charge < -0.3 is 0 Å². The van der Waals surface area contributed by atoms with Gasteiger partial charge in [-0.2, -0.15) is 0 Å². The first-order valence-electron chi connectivity index (χ1n) is 5.66. The van der Waals surface area contributed by atoms with Gasteiger partial charge in [0.2, 0.25) is 0 Å². The Balaban J connectivity index is 3.30. The van der Waals surface area contributed by atoms with E-state index in [2.05, 4.69) is 34.3 Å². The first-order valence-corrected chi connectivity index (χ1v) is 5.66. The summed E-state index contributed by atoms with van der Waals surface area (Å²) in [6.07, 6.45) is 6.72. The van der Waals surface area contributed by atoms with E-state index in [-0.39, 0.29) is 0 Å². The summed E-state index contributed by atoms with van der Waals surface area (Å²) in [4.78, 5) is 0. The van der Waals surface area contributed by atoms with E-state index >= 15 is 0 Å². The molecule has 1 unspecified atom stereocenters. The molecule has 0 heteroatoms. The lowest BCUT2D eigenvalue weighted by Gasteiger charge is -2.11. The fourth-order valence-corrected chi connectivity index (χ4v) is 1.51. The Labute approximate surface area is 84.4 Å². The molecule has 0 bridgehead atoms. The monoisotopic (exact) mass is 182 g/mol. The minimum atomic E-state index is 0.869. The van der Waals surface area contributed by atoms with Gasteiger partial charge in [-0.15, -0.1) is 6.58 Å². The Hall–Kier alpha value is -0.260. The van der Waals surface area contributed by atoms with E-state index in [1.54, 1.807) is 0 Å². The highest BCUT2D eigenvalue weighted by Crippen LogP contribution is 2.18. The first kappa shape index (κ1) is 12.7. The molecule has 0 aliphatic rings. The van der Waals surface area contributed by atoms with Crippen molar-refractivity contribution in [1.82, 2.24) is 0 Å². The number of hydrogen-bond donors (Lipinski definition) is 0. The smallest absolute Gasteiger partial charge is 0.0323 e. The molecule has 0 saturated heterocycles. The maximum Gasteiger partial charge on any atom is -0.0323 e. The predicted octanol–water partition coefficient (Wildman–Crippen LogP) is 4.81. The summed E-state index contributed by atoms with van der Waals surface area (Å²) in [5.41, 5.74) is 1.33. The third-order valence-corrected chi connectivity index (χ3v) is 2.54. The highest BCUT2D eigenvalue weighted by molar-refractivity contribution is 4.87. The highest BCUT2D eigenvalue weighted by atomic mass is 14.1. The summed E-state index contributed by atoms with van der Waals surface area (Å²) >= 11 is 0. The van der Waals surface area contributed by atoms with Gasteiger partial charge in [-0.05, 0) is 31.6 Å². The molecule has 0 amide bonds. The minimum Gasteiger partial charge on any atom is -0.100 e. The molecule has 0 N–H and O–H groups in total. The maximum atomic E-state index is 3.94. The lowest BCUT2D eigenvalue weighted by molar-refractivity contribution is 0.436. The van der Waals surface area contributed by atoms with Crippen LogP contribution in [0.2, 0.25) is 0 Å². The summed E-state index contributed by atoms with van der Waals surface area (Å²) in [7, 11) is 0. The van der Waals surface area contributed by atoms with Crippen LogP contribution in [0.1, 0.15) is 59.8 Å². The molecule has 78 valence electrons. The first-order chi connectivity index (χ1) is 6.02. The largest absolute Gasteiger partial charge is 0.100 e. The molecular formula is C13H26. The van der Waals surface area contributed by atoms with Crippen LogP contribution < -0.4 is 0 Å². The van der Waals surface area contributed by atoms with Crippen LogP contribution in [0.4, 0.5) is 0 Å². The lowest BCUT2D eigenvalue weighted by atomic mass is 9.95. The summed E-state index contributed by atoms with van der Waals surface area (Å²) in [6.45, 7) is 13.0. The average molecular weight is 182 g/mol. The molecule has 0 aromatic heterocycles. The van der Waals surface area contributed by atoms with Crippen LogP contribution >= 0.6 is 0 Å². The number of allylic oxidation sites excluding steroid dienone is 1. The molecule has 0 fully saturated rings. The second kappa shape index (κ2) is 7.17. The molecular weight excluding hydrogens is 156 g/mol. The molecule has 0 aliphatic heterocycles. The SMILES string of the molecule is C=C(C)CCC(C)CCCC(C)C. The van der Waals surface area contributed by atoms with Gasteiger partial charge in [-0.25, -0.2) is 0 Å². The van der Waals surface area contributed by atoms with E-state index in [1.165, 1.54) is 37.7 Å². The van der Waals surface area contributed by atoms with Gasteiger partial charge in [0, 0.05) is 0 Å². The molecule has 0 aromatic rings. The van der Waals surface area contributed by atoms with Crippen molar-refractivity contribution in [2.45, 2.75) is 59.8 Å². The zero-order valence-electron chi connectivity index (χ0n) is 9.90. The molecule has 0 aromatic carbocycles. The normalized spacial score (nSPS) is 13.3. The molecule has 0 heterocycles. The zero-order chi connectivity index (χ0) is 10.3. The van der Waals surface area contributed by atoms with Crippen LogP contribution in [-0.2, 0) is 0 Å². The van der Waals surface area contributed by atoms with Gasteiger partial charge in [0.15, 0.2) is 0 Å². The van der Waals surface area contributed by atoms with Gasteiger partial charge >= 0.3 is 0 Å². The molecule has 1 atom stereocenters. The standard InChI is InChI=1S/C13H26/c1-11(2)7-6-8-13(5)10-9-12(3)4/h11,13H,3,6-10H2,1-2,4-5H3. The van der Waals surface area contributed by atoms with Crippen molar-refractivity contribution >= 4 is 0 Å². The quantitative estimate of drug-likeness (QED) is 0.496. The van der Waals surface area contributed by atoms with Gasteiger partial charge in [0.1, 0.15) is 0 Å². The number of rotatable bonds is 7. The van der Waals surface area contributed by atoms with E-state index in [0.717, 1.165) is 11.8 Å². The van der Waals surface area contributed by atoms with Crippen LogP contribution in [0.3, 0.4) is 0 Å². The second-order valence-electron chi connectivity index (χ2n) is 4.93. The van der Waals surface area contributed by atoms with Crippen molar-refractivity contribution in [1.29, 1.82) is 0 Å². The second-order valence-corrected chi connectivity index (χ2v) is 4.93. The van der Waals surface area contributed by atoms with Gasteiger partial charge in [-0.1, -0.05) is 45.6 Å². The molecule has 0 saturated carbocycles. The Morgan fingerprint density at radius 1 is 1.08 bits per heavy atom. The summed E-state index contributed by atoms with van der Waals surface area (Å²) in [6, 6.07) is 0. The van der Waals surface area contributed by atoms with Crippen LogP contribution in [0.15, 0.2) is 12.2 Å². The topological polar surface area (TPSA) is 0 Å². The third-order valence-electron chi connectivity index (χ3n) is 2.54. The Morgan fingerprint density at radius 3 is 2.15 bits per heavy atom. The van der Waals surface area contributed by atoms with Crippen LogP contribution in [0, 0.1) is 11.8 Å². The van der Waals surface area contributed by atoms with Gasteiger partial charge in [0.25, 0.3) is 0 Å². The third kappa shape index (κ3) is 9.66. The van der Waals surface area contributed by atoms with Crippen LogP contribution in [0.25, 0.3) is 0 Å². The lowest BCUT2D eigenvalue weighted by Crippen LogP contribution is -1.96. The van der Waals surface area contributed by atoms with Gasteiger partial charge in [0.05, 0.1) is 0 Å². The molecule has 13 heavy (non-hydrogen) atoms. The maximum absolute atomic E-state index is 3.94. The molecule has 0 aliphatic carbocycles. The van der Waals surface area contributed by atoms with E-state index in [0.29, 0.717) is 0 Å². The van der Waals surface area contributed by atoms with Crippen molar-refractivity contribution in [3.63, 3.8) is 0 Å². The minimum absolute atomic E-state index is 0.869. The molecule has 0 spiro atoms. The van der Waals surface area contributed by atoms with E-state index in [4.69, 9.17) is 0 Å². The highest BCUT2D eigenvalue weighted by Gasteiger charge is 2.02. The number of hydrogen-bond acceptors (Lipinski definition) is 0. The van der Waals surface area contributed by atoms with Crippen molar-refractivity contribution in [2.75, 3.05) is 0 Å². The Bertz CT molecular complexity index is 133. The Kier molecular flexibility index (Phi) is 7.03. The summed E-state index contributed by atoms with van der Waals surface area (Å²) in [5, 5.41) is 0.